The number of amides is 3. The summed E-state index contributed by atoms with van der Waals surface area (Å²) in [7, 11) is -4.37. The Morgan fingerprint density at radius 3 is 1.71 bits per heavy atom. The molecule has 4 N–H and O–H groups in total. The number of para-hydroxylation sites is 2. The fraction of sp³-hybridized carbons (Fsp3) is 0.371. The summed E-state index contributed by atoms with van der Waals surface area (Å²) in [6.45, 7) is 8.48. The molecule has 0 aliphatic heterocycles. The van der Waals surface area contributed by atoms with Gasteiger partial charge in [0.15, 0.2) is 5.78 Å². The Hall–Kier alpha value is -4.83. The van der Waals surface area contributed by atoms with Gasteiger partial charge in [-0.3, -0.25) is 14.4 Å². The first kappa shape index (κ1) is 37.6. The number of ether oxygens (including phenoxy) is 1. The third-order valence-electron chi connectivity index (χ3n) is 6.81. The molecule has 0 aliphatic carbocycles. The van der Waals surface area contributed by atoms with E-state index in [-0.39, 0.29) is 24.3 Å². The van der Waals surface area contributed by atoms with Crippen molar-refractivity contribution < 1.29 is 42.6 Å². The Labute approximate surface area is 281 Å². The van der Waals surface area contributed by atoms with E-state index in [2.05, 4.69) is 16.0 Å². The van der Waals surface area contributed by atoms with Crippen molar-refractivity contribution in [2.45, 2.75) is 77.3 Å². The third-order valence-corrected chi connectivity index (χ3v) is 8.89. The van der Waals surface area contributed by atoms with Crippen molar-refractivity contribution in [3.05, 3.63) is 96.6 Å². The Bertz CT molecular complexity index is 1500. The molecule has 3 atom stereocenters. The number of hydrogen-bond acceptors (Lipinski definition) is 8. The second kappa shape index (κ2) is 17.4. The molecule has 258 valence electrons. The van der Waals surface area contributed by atoms with Crippen molar-refractivity contribution in [1.82, 2.24) is 16.0 Å². The first-order valence-corrected chi connectivity index (χ1v) is 17.2. The summed E-state index contributed by atoms with van der Waals surface area (Å²) in [5.41, 5.74) is -0.0640. The molecular weight excluding hydrogens is 637 g/mol. The molecule has 0 aliphatic rings. The molecule has 3 amide bonds. The Kier molecular flexibility index (Phi) is 13.6. The van der Waals surface area contributed by atoms with Crippen molar-refractivity contribution in [2.75, 3.05) is 0 Å². The molecule has 3 aromatic rings. The number of carboxylic acids is 1. The van der Waals surface area contributed by atoms with Crippen molar-refractivity contribution in [2.24, 2.45) is 5.92 Å². The largest absolute Gasteiger partial charge is 0.481 e. The Balaban J connectivity index is 1.91. The van der Waals surface area contributed by atoms with Gasteiger partial charge in [-0.1, -0.05) is 80.6 Å². The second-order valence-corrected chi connectivity index (χ2v) is 14.5. The van der Waals surface area contributed by atoms with Crippen LogP contribution in [-0.4, -0.2) is 52.5 Å². The van der Waals surface area contributed by atoms with Crippen molar-refractivity contribution in [3.8, 4) is 11.5 Å². The molecule has 0 spiro atoms. The average molecular weight is 682 g/mol. The van der Waals surface area contributed by atoms with E-state index >= 15 is 0 Å². The molecular formula is C35H44N3O9P. The molecule has 3 rings (SSSR count). The summed E-state index contributed by atoms with van der Waals surface area (Å²) in [5, 5.41) is 17.5. The fourth-order valence-corrected chi connectivity index (χ4v) is 6.38. The van der Waals surface area contributed by atoms with Gasteiger partial charge in [-0.25, -0.2) is 9.36 Å². The lowest BCUT2D eigenvalue weighted by Crippen LogP contribution is -2.57. The number of aliphatic carboxylic acids is 1. The Morgan fingerprint density at radius 2 is 1.25 bits per heavy atom. The van der Waals surface area contributed by atoms with Crippen LogP contribution in [0.5, 0.6) is 11.5 Å². The van der Waals surface area contributed by atoms with E-state index in [1.54, 1.807) is 120 Å². The van der Waals surface area contributed by atoms with Crippen LogP contribution >= 0.6 is 7.60 Å². The molecule has 0 fully saturated rings. The summed E-state index contributed by atoms with van der Waals surface area (Å²) in [5.74, 6) is -4.17. The fourth-order valence-electron chi connectivity index (χ4n) is 4.52. The topological polar surface area (TPSA) is 169 Å². The number of alkyl carbamates (subject to hydrolysis) is 1. The average Bonchev–Trinajstić information content (AvgIpc) is 3.01. The standard InChI is InChI=1S/C35H44N3O9P/c1-24(2)31(38-32(41)28(23-25-15-9-6-10-16-25)36-34(43)45-35(3,4)5)33(42)37-29(21-22-30(39)40)48(44,46-26-17-11-7-12-18-26)47-27-19-13-8-14-20-27/h6-20,24,28-29,31H,21-23H2,1-5H3,(H,36,43)(H,37,42)(H,38,41)(H,39,40). The van der Waals surface area contributed by atoms with E-state index in [0.717, 1.165) is 5.56 Å². The zero-order valence-electron chi connectivity index (χ0n) is 27.8. The molecule has 0 radical (unpaired) electrons. The number of nitrogens with one attached hydrogen (secondary N) is 3. The van der Waals surface area contributed by atoms with Crippen LogP contribution in [0.3, 0.4) is 0 Å². The molecule has 13 heteroatoms. The maximum Gasteiger partial charge on any atom is 0.452 e. The summed E-state index contributed by atoms with van der Waals surface area (Å²) < 4.78 is 31.7. The van der Waals surface area contributed by atoms with Gasteiger partial charge in [-0.2, -0.15) is 0 Å². The van der Waals surface area contributed by atoms with Crippen LogP contribution in [-0.2, 0) is 30.1 Å². The minimum absolute atomic E-state index is 0.102. The maximum absolute atomic E-state index is 14.6. The van der Waals surface area contributed by atoms with Gasteiger partial charge in [0.1, 0.15) is 29.2 Å². The predicted octanol–water partition coefficient (Wildman–Crippen LogP) is 5.92. The number of rotatable bonds is 16. The van der Waals surface area contributed by atoms with Crippen LogP contribution in [0.4, 0.5) is 4.79 Å². The van der Waals surface area contributed by atoms with Crippen LogP contribution in [0, 0.1) is 5.92 Å². The highest BCUT2D eigenvalue weighted by Gasteiger charge is 2.42. The lowest BCUT2D eigenvalue weighted by molar-refractivity contribution is -0.137. The lowest BCUT2D eigenvalue weighted by atomic mass is 10.0. The summed E-state index contributed by atoms with van der Waals surface area (Å²) in [6.07, 6.45) is -1.49. The molecule has 3 unspecified atom stereocenters. The Morgan fingerprint density at radius 1 is 0.750 bits per heavy atom. The van der Waals surface area contributed by atoms with Gasteiger partial charge in [0, 0.05) is 12.8 Å². The molecule has 3 aromatic carbocycles. The minimum atomic E-state index is -4.37. The van der Waals surface area contributed by atoms with E-state index in [9.17, 15) is 28.8 Å². The van der Waals surface area contributed by atoms with Gasteiger partial charge >= 0.3 is 19.7 Å². The number of hydrogen-bond donors (Lipinski definition) is 4. The van der Waals surface area contributed by atoms with Crippen molar-refractivity contribution >= 4 is 31.5 Å². The van der Waals surface area contributed by atoms with Crippen LogP contribution < -0.4 is 25.0 Å². The number of carboxylic acid groups (broad SMARTS) is 1. The van der Waals surface area contributed by atoms with Crippen molar-refractivity contribution in [1.29, 1.82) is 0 Å². The maximum atomic E-state index is 14.6. The number of carbonyl (C=O) groups is 4. The van der Waals surface area contributed by atoms with Gasteiger partial charge in [0.25, 0.3) is 0 Å². The van der Waals surface area contributed by atoms with Gasteiger partial charge in [-0.05, 0) is 62.9 Å². The van der Waals surface area contributed by atoms with Crippen LogP contribution in [0.2, 0.25) is 0 Å². The highest BCUT2D eigenvalue weighted by Crippen LogP contribution is 2.53. The van der Waals surface area contributed by atoms with Crippen LogP contribution in [0.25, 0.3) is 0 Å². The smallest absolute Gasteiger partial charge is 0.452 e. The molecule has 0 aromatic heterocycles. The van der Waals surface area contributed by atoms with Gasteiger partial charge in [0.05, 0.1) is 0 Å². The molecule has 0 saturated carbocycles. The minimum Gasteiger partial charge on any atom is -0.481 e. The molecule has 0 saturated heterocycles. The number of benzene rings is 3. The molecule has 0 heterocycles. The van der Waals surface area contributed by atoms with E-state index in [0.29, 0.717) is 0 Å². The van der Waals surface area contributed by atoms with Crippen LogP contribution in [0.1, 0.15) is 53.0 Å². The first-order valence-electron chi connectivity index (χ1n) is 15.6. The van der Waals surface area contributed by atoms with Gasteiger partial charge in [0.2, 0.25) is 11.8 Å². The quantitative estimate of drug-likeness (QED) is 0.134. The van der Waals surface area contributed by atoms with Crippen LogP contribution in [0.15, 0.2) is 91.0 Å². The van der Waals surface area contributed by atoms with E-state index in [4.69, 9.17) is 13.8 Å². The van der Waals surface area contributed by atoms with Gasteiger partial charge in [-0.15, -0.1) is 0 Å². The summed E-state index contributed by atoms with van der Waals surface area (Å²) >= 11 is 0. The third kappa shape index (κ3) is 12.4. The first-order chi connectivity index (χ1) is 22.6. The SMILES string of the molecule is CC(C)C(NC(=O)C(Cc1ccccc1)NC(=O)OC(C)(C)C)C(=O)NC(CCC(=O)O)P(=O)(Oc1ccccc1)Oc1ccccc1. The molecule has 48 heavy (non-hydrogen) atoms. The monoisotopic (exact) mass is 681 g/mol. The lowest BCUT2D eigenvalue weighted by Gasteiger charge is -2.31. The highest BCUT2D eigenvalue weighted by molar-refractivity contribution is 7.55. The summed E-state index contributed by atoms with van der Waals surface area (Å²) in [4.78, 5) is 51.9. The van der Waals surface area contributed by atoms with Crippen molar-refractivity contribution in [3.63, 3.8) is 0 Å². The highest BCUT2D eigenvalue weighted by atomic mass is 31.2. The summed E-state index contributed by atoms with van der Waals surface area (Å²) in [6, 6.07) is 23.0. The second-order valence-electron chi connectivity index (χ2n) is 12.4. The normalized spacial score (nSPS) is 13.4. The molecule has 12 nitrogen and oxygen atoms in total. The zero-order valence-corrected chi connectivity index (χ0v) is 28.6. The zero-order chi connectivity index (χ0) is 35.3. The van der Waals surface area contributed by atoms with E-state index in [1.807, 2.05) is 6.07 Å². The van der Waals surface area contributed by atoms with Gasteiger partial charge < -0.3 is 34.8 Å². The van der Waals surface area contributed by atoms with E-state index < -0.39 is 67.3 Å². The molecule has 0 bridgehead atoms. The predicted molar refractivity (Wildman–Crippen MR) is 181 cm³/mol. The van der Waals surface area contributed by atoms with E-state index in [1.165, 1.54) is 0 Å². The number of carbonyl (C=O) groups excluding carboxylic acids is 3.